The zero-order valence-corrected chi connectivity index (χ0v) is 15.0. The van der Waals surface area contributed by atoms with Crippen LogP contribution in [0, 0.1) is 11.7 Å². The van der Waals surface area contributed by atoms with Crippen molar-refractivity contribution in [3.05, 3.63) is 54.6 Å². The molecule has 26 heavy (non-hydrogen) atoms. The van der Waals surface area contributed by atoms with Crippen molar-refractivity contribution in [2.45, 2.75) is 27.3 Å². The van der Waals surface area contributed by atoms with Gasteiger partial charge in [-0.15, -0.1) is 0 Å². The van der Waals surface area contributed by atoms with Gasteiger partial charge in [-0.1, -0.05) is 13.8 Å². The summed E-state index contributed by atoms with van der Waals surface area (Å²) in [5.74, 6) is -0.000871. The third-order valence-electron chi connectivity index (χ3n) is 4.05. The molecule has 0 fully saturated rings. The normalized spacial score (nSPS) is 11.0. The fourth-order valence-electron chi connectivity index (χ4n) is 2.55. The molecule has 5 nitrogen and oxygen atoms in total. The lowest BCUT2D eigenvalue weighted by molar-refractivity contribution is -0.118. The van der Waals surface area contributed by atoms with Crippen LogP contribution in [-0.4, -0.2) is 20.7 Å². The Morgan fingerprint density at radius 3 is 2.58 bits per heavy atom. The number of nitrogens with zero attached hydrogens (tertiary/aromatic N) is 3. The van der Waals surface area contributed by atoms with E-state index < -0.39 is 0 Å². The van der Waals surface area contributed by atoms with E-state index in [1.54, 1.807) is 18.3 Å². The highest BCUT2D eigenvalue weighted by atomic mass is 19.1. The van der Waals surface area contributed by atoms with E-state index in [1.165, 1.54) is 12.1 Å². The molecule has 6 heteroatoms. The van der Waals surface area contributed by atoms with Crippen LogP contribution in [0.3, 0.4) is 0 Å². The van der Waals surface area contributed by atoms with Gasteiger partial charge in [0, 0.05) is 36.0 Å². The van der Waals surface area contributed by atoms with Crippen molar-refractivity contribution in [3.8, 4) is 22.4 Å². The standard InChI is InChI=1S/C20H21FN4O/c1-4-25-12-17(19(24-25)14-5-7-16(21)8-6-14)15-9-10-22-18(11-15)23-20(26)13(2)3/h5-13H,4H2,1-3H3,(H,22,23,26). The van der Waals surface area contributed by atoms with E-state index in [2.05, 4.69) is 15.4 Å². The van der Waals surface area contributed by atoms with Crippen LogP contribution in [-0.2, 0) is 11.3 Å². The lowest BCUT2D eigenvalue weighted by atomic mass is 10.0. The highest BCUT2D eigenvalue weighted by Gasteiger charge is 2.15. The van der Waals surface area contributed by atoms with Gasteiger partial charge in [-0.3, -0.25) is 9.48 Å². The van der Waals surface area contributed by atoms with E-state index in [4.69, 9.17) is 0 Å². The second-order valence-electron chi connectivity index (χ2n) is 6.33. The van der Waals surface area contributed by atoms with Crippen LogP contribution in [0.1, 0.15) is 20.8 Å². The highest BCUT2D eigenvalue weighted by Crippen LogP contribution is 2.32. The van der Waals surface area contributed by atoms with Crippen LogP contribution < -0.4 is 5.32 Å². The topological polar surface area (TPSA) is 59.8 Å². The predicted molar refractivity (Wildman–Crippen MR) is 100.0 cm³/mol. The third-order valence-corrected chi connectivity index (χ3v) is 4.05. The molecule has 134 valence electrons. The first-order chi connectivity index (χ1) is 12.5. The summed E-state index contributed by atoms with van der Waals surface area (Å²) in [4.78, 5) is 16.1. The van der Waals surface area contributed by atoms with Crippen molar-refractivity contribution in [3.63, 3.8) is 0 Å². The molecule has 0 saturated heterocycles. The van der Waals surface area contributed by atoms with Crippen LogP contribution >= 0.6 is 0 Å². The van der Waals surface area contributed by atoms with E-state index in [0.29, 0.717) is 5.82 Å². The maximum absolute atomic E-state index is 13.3. The number of amides is 1. The first-order valence-corrected chi connectivity index (χ1v) is 8.58. The highest BCUT2D eigenvalue weighted by molar-refractivity contribution is 5.92. The van der Waals surface area contributed by atoms with Crippen LogP contribution in [0.2, 0.25) is 0 Å². The second-order valence-corrected chi connectivity index (χ2v) is 6.33. The maximum atomic E-state index is 13.3. The van der Waals surface area contributed by atoms with Gasteiger partial charge >= 0.3 is 0 Å². The molecule has 3 rings (SSSR count). The van der Waals surface area contributed by atoms with Crippen LogP contribution in [0.4, 0.5) is 10.2 Å². The molecule has 0 aliphatic rings. The summed E-state index contributed by atoms with van der Waals surface area (Å²) in [5, 5.41) is 7.42. The minimum absolute atomic E-state index is 0.0855. The Balaban J connectivity index is 2.02. The number of carbonyl (C=O) groups is 1. The number of pyridine rings is 1. The van der Waals surface area contributed by atoms with Gasteiger partial charge in [-0.25, -0.2) is 9.37 Å². The Labute approximate surface area is 151 Å². The van der Waals surface area contributed by atoms with E-state index in [0.717, 1.165) is 28.9 Å². The van der Waals surface area contributed by atoms with Gasteiger partial charge in [0.15, 0.2) is 0 Å². The molecule has 0 unspecified atom stereocenters. The summed E-state index contributed by atoms with van der Waals surface area (Å²) in [7, 11) is 0. The summed E-state index contributed by atoms with van der Waals surface area (Å²) in [6, 6.07) is 9.96. The molecule has 0 aliphatic carbocycles. The van der Waals surface area contributed by atoms with Gasteiger partial charge in [0.05, 0.1) is 0 Å². The zero-order chi connectivity index (χ0) is 18.7. The molecule has 0 aliphatic heterocycles. The first-order valence-electron chi connectivity index (χ1n) is 8.58. The lowest BCUT2D eigenvalue weighted by Gasteiger charge is -2.08. The van der Waals surface area contributed by atoms with E-state index in [9.17, 15) is 9.18 Å². The van der Waals surface area contributed by atoms with E-state index in [1.807, 2.05) is 43.8 Å². The molecule has 1 aromatic carbocycles. The van der Waals surface area contributed by atoms with Gasteiger partial charge in [0.2, 0.25) is 5.91 Å². The summed E-state index contributed by atoms with van der Waals surface area (Å²) >= 11 is 0. The molecule has 2 heterocycles. The number of aromatic nitrogens is 3. The summed E-state index contributed by atoms with van der Waals surface area (Å²) in [5.41, 5.74) is 3.39. The van der Waals surface area contributed by atoms with Crippen molar-refractivity contribution in [1.82, 2.24) is 14.8 Å². The van der Waals surface area contributed by atoms with E-state index >= 15 is 0 Å². The number of nitrogens with one attached hydrogen (secondary N) is 1. The summed E-state index contributed by atoms with van der Waals surface area (Å²) in [6.07, 6.45) is 3.60. The molecule has 0 atom stereocenters. The molecule has 0 radical (unpaired) electrons. The Hall–Kier alpha value is -3.02. The molecule has 0 spiro atoms. The predicted octanol–water partition coefficient (Wildman–Crippen LogP) is 4.37. The fourth-order valence-corrected chi connectivity index (χ4v) is 2.55. The first kappa shape index (κ1) is 17.8. The van der Waals surface area contributed by atoms with Crippen molar-refractivity contribution in [2.24, 2.45) is 5.92 Å². The van der Waals surface area contributed by atoms with Gasteiger partial charge in [-0.05, 0) is 48.9 Å². The fraction of sp³-hybridized carbons (Fsp3) is 0.250. The molecule has 0 saturated carbocycles. The molecule has 1 amide bonds. The Morgan fingerprint density at radius 2 is 1.92 bits per heavy atom. The quantitative estimate of drug-likeness (QED) is 0.742. The maximum Gasteiger partial charge on any atom is 0.228 e. The molecule has 1 N–H and O–H groups in total. The van der Waals surface area contributed by atoms with Gasteiger partial charge < -0.3 is 5.32 Å². The number of carbonyl (C=O) groups excluding carboxylic acids is 1. The number of hydrogen-bond acceptors (Lipinski definition) is 3. The minimum Gasteiger partial charge on any atom is -0.310 e. The Bertz CT molecular complexity index is 916. The third kappa shape index (κ3) is 3.79. The van der Waals surface area contributed by atoms with E-state index in [-0.39, 0.29) is 17.6 Å². The molecule has 0 bridgehead atoms. The molecular weight excluding hydrogens is 331 g/mol. The van der Waals surface area contributed by atoms with Gasteiger partial charge in [-0.2, -0.15) is 5.10 Å². The minimum atomic E-state index is -0.284. The van der Waals surface area contributed by atoms with Gasteiger partial charge in [0.1, 0.15) is 17.3 Å². The number of rotatable bonds is 5. The largest absolute Gasteiger partial charge is 0.310 e. The number of aryl methyl sites for hydroxylation is 1. The summed E-state index contributed by atoms with van der Waals surface area (Å²) < 4.78 is 15.1. The monoisotopic (exact) mass is 352 g/mol. The average molecular weight is 352 g/mol. The van der Waals surface area contributed by atoms with Crippen molar-refractivity contribution in [1.29, 1.82) is 0 Å². The molecular formula is C20H21FN4O. The molecule has 3 aromatic rings. The zero-order valence-electron chi connectivity index (χ0n) is 15.0. The summed E-state index contributed by atoms with van der Waals surface area (Å²) in [6.45, 7) is 6.39. The van der Waals surface area contributed by atoms with Crippen LogP contribution in [0.25, 0.3) is 22.4 Å². The lowest BCUT2D eigenvalue weighted by Crippen LogP contribution is -2.18. The number of halogens is 1. The van der Waals surface area contributed by atoms with Crippen molar-refractivity contribution >= 4 is 11.7 Å². The van der Waals surface area contributed by atoms with Crippen molar-refractivity contribution < 1.29 is 9.18 Å². The Morgan fingerprint density at radius 1 is 1.19 bits per heavy atom. The number of anilines is 1. The molecule has 2 aromatic heterocycles. The Kier molecular flexibility index (Phi) is 5.11. The van der Waals surface area contributed by atoms with Gasteiger partial charge in [0.25, 0.3) is 0 Å². The second kappa shape index (κ2) is 7.47. The smallest absolute Gasteiger partial charge is 0.228 e. The van der Waals surface area contributed by atoms with Crippen molar-refractivity contribution in [2.75, 3.05) is 5.32 Å². The number of benzene rings is 1. The SMILES string of the molecule is CCn1cc(-c2ccnc(NC(=O)C(C)C)c2)c(-c2ccc(F)cc2)n1. The average Bonchev–Trinajstić information content (AvgIpc) is 3.07. The van der Waals surface area contributed by atoms with Crippen LogP contribution in [0.5, 0.6) is 0 Å². The number of hydrogen-bond donors (Lipinski definition) is 1. The van der Waals surface area contributed by atoms with Crippen LogP contribution in [0.15, 0.2) is 48.8 Å².